The zero-order chi connectivity index (χ0) is 15.2. The maximum Gasteiger partial charge on any atom is 0.303 e. The van der Waals surface area contributed by atoms with Crippen molar-refractivity contribution in [2.24, 2.45) is 0 Å². The van der Waals surface area contributed by atoms with Crippen molar-refractivity contribution in [3.63, 3.8) is 0 Å². The minimum Gasteiger partial charge on any atom is -0.481 e. The number of aliphatic hydroxyl groups excluding tert-OH is 2. The summed E-state index contributed by atoms with van der Waals surface area (Å²) in [6.45, 7) is 2.08. The molecule has 3 N–H and O–H groups in total. The van der Waals surface area contributed by atoms with Crippen LogP contribution in [0.2, 0.25) is 0 Å². The summed E-state index contributed by atoms with van der Waals surface area (Å²) >= 11 is 0. The van der Waals surface area contributed by atoms with Gasteiger partial charge in [0.1, 0.15) is 0 Å². The summed E-state index contributed by atoms with van der Waals surface area (Å²) in [7, 11) is 0. The number of aliphatic hydroxyl groups is 2. The van der Waals surface area contributed by atoms with Crippen molar-refractivity contribution >= 4 is 5.97 Å². The first-order valence-electron chi connectivity index (χ1n) is 7.45. The van der Waals surface area contributed by atoms with Gasteiger partial charge in [0.15, 0.2) is 0 Å². The van der Waals surface area contributed by atoms with Crippen LogP contribution in [0.4, 0.5) is 0 Å². The summed E-state index contributed by atoms with van der Waals surface area (Å²) in [4.78, 5) is 10.3. The minimum atomic E-state index is -0.784. The van der Waals surface area contributed by atoms with E-state index in [1.807, 2.05) is 12.2 Å². The highest BCUT2D eigenvalue weighted by Gasteiger charge is 2.13. The Morgan fingerprint density at radius 3 is 2.35 bits per heavy atom. The Bertz CT molecular complexity index is 297. The van der Waals surface area contributed by atoms with Crippen molar-refractivity contribution in [3.05, 3.63) is 24.3 Å². The zero-order valence-electron chi connectivity index (χ0n) is 12.4. The van der Waals surface area contributed by atoms with E-state index in [0.717, 1.165) is 25.7 Å². The lowest BCUT2D eigenvalue weighted by Gasteiger charge is -2.15. The molecule has 116 valence electrons. The highest BCUT2D eigenvalue weighted by Crippen LogP contribution is 2.11. The number of unbranched alkanes of at least 4 members (excludes halogenated alkanes) is 2. The smallest absolute Gasteiger partial charge is 0.303 e. The molecule has 2 atom stereocenters. The van der Waals surface area contributed by atoms with Crippen molar-refractivity contribution in [3.8, 4) is 0 Å². The van der Waals surface area contributed by atoms with Gasteiger partial charge in [-0.05, 0) is 32.1 Å². The van der Waals surface area contributed by atoms with E-state index in [1.54, 1.807) is 0 Å². The zero-order valence-corrected chi connectivity index (χ0v) is 12.4. The topological polar surface area (TPSA) is 77.8 Å². The van der Waals surface area contributed by atoms with Crippen molar-refractivity contribution in [1.29, 1.82) is 0 Å². The van der Waals surface area contributed by atoms with Gasteiger partial charge in [-0.2, -0.15) is 0 Å². The number of carbonyl (C=O) groups is 1. The molecule has 0 amide bonds. The van der Waals surface area contributed by atoms with Gasteiger partial charge >= 0.3 is 5.97 Å². The lowest BCUT2D eigenvalue weighted by atomic mass is 10.0. The van der Waals surface area contributed by atoms with Crippen LogP contribution in [0.1, 0.15) is 58.3 Å². The third kappa shape index (κ3) is 11.9. The molecule has 20 heavy (non-hydrogen) atoms. The predicted molar refractivity (Wildman–Crippen MR) is 80.5 cm³/mol. The molecule has 0 heterocycles. The highest BCUT2D eigenvalue weighted by atomic mass is 16.4. The van der Waals surface area contributed by atoms with Crippen LogP contribution in [-0.2, 0) is 4.79 Å². The van der Waals surface area contributed by atoms with Crippen LogP contribution in [0.15, 0.2) is 24.3 Å². The van der Waals surface area contributed by atoms with Gasteiger partial charge < -0.3 is 15.3 Å². The summed E-state index contributed by atoms with van der Waals surface area (Å²) < 4.78 is 0. The molecule has 0 fully saturated rings. The fourth-order valence-electron chi connectivity index (χ4n) is 1.83. The molecule has 0 bridgehead atoms. The van der Waals surface area contributed by atoms with Crippen LogP contribution in [0, 0.1) is 0 Å². The number of carboxylic acid groups (broad SMARTS) is 1. The molecule has 0 radical (unpaired) electrons. The van der Waals surface area contributed by atoms with E-state index in [0.29, 0.717) is 19.3 Å². The minimum absolute atomic E-state index is 0.173. The number of aliphatic carboxylic acids is 1. The van der Waals surface area contributed by atoms with Crippen LogP contribution in [0.5, 0.6) is 0 Å². The molecule has 4 heteroatoms. The quantitative estimate of drug-likeness (QED) is 0.380. The molecule has 0 aromatic rings. The molecule has 0 aliphatic heterocycles. The van der Waals surface area contributed by atoms with E-state index in [4.69, 9.17) is 5.11 Å². The highest BCUT2D eigenvalue weighted by molar-refractivity contribution is 5.66. The second kappa shape index (κ2) is 12.9. The second-order valence-electron chi connectivity index (χ2n) is 4.95. The SMILES string of the molecule is CC/C=C\C/C=C\C[C@@H](O)[C@@H](O)CCCCCC(=O)O. The molecule has 0 spiro atoms. The number of allylic oxidation sites excluding steroid dienone is 3. The average Bonchev–Trinajstić information content (AvgIpc) is 2.41. The predicted octanol–water partition coefficient (Wildman–Crippen LogP) is 3.05. The summed E-state index contributed by atoms with van der Waals surface area (Å²) in [6.07, 6.45) is 11.7. The first-order chi connectivity index (χ1) is 9.57. The molecule has 0 saturated carbocycles. The summed E-state index contributed by atoms with van der Waals surface area (Å²) in [6, 6.07) is 0. The average molecular weight is 284 g/mol. The largest absolute Gasteiger partial charge is 0.481 e. The number of hydrogen-bond acceptors (Lipinski definition) is 3. The third-order valence-corrected chi connectivity index (χ3v) is 3.05. The molecule has 0 aromatic carbocycles. The van der Waals surface area contributed by atoms with Crippen molar-refractivity contribution in [2.75, 3.05) is 0 Å². The maximum atomic E-state index is 10.3. The van der Waals surface area contributed by atoms with E-state index < -0.39 is 18.2 Å². The van der Waals surface area contributed by atoms with Crippen LogP contribution >= 0.6 is 0 Å². The van der Waals surface area contributed by atoms with Crippen LogP contribution in [0.3, 0.4) is 0 Å². The van der Waals surface area contributed by atoms with Gasteiger partial charge in [0.25, 0.3) is 0 Å². The summed E-state index contributed by atoms with van der Waals surface area (Å²) in [5, 5.41) is 28.0. The van der Waals surface area contributed by atoms with Crippen molar-refractivity contribution in [1.82, 2.24) is 0 Å². The molecule has 0 aliphatic carbocycles. The van der Waals surface area contributed by atoms with Crippen LogP contribution < -0.4 is 0 Å². The van der Waals surface area contributed by atoms with E-state index in [2.05, 4.69) is 19.1 Å². The number of hydrogen-bond donors (Lipinski definition) is 3. The fourth-order valence-corrected chi connectivity index (χ4v) is 1.83. The van der Waals surface area contributed by atoms with E-state index in [1.165, 1.54) is 0 Å². The molecule has 4 nitrogen and oxygen atoms in total. The summed E-state index contributed by atoms with van der Waals surface area (Å²) in [5.41, 5.74) is 0. The molecule has 0 unspecified atom stereocenters. The van der Waals surface area contributed by atoms with Gasteiger partial charge in [0.2, 0.25) is 0 Å². The monoisotopic (exact) mass is 284 g/mol. The maximum absolute atomic E-state index is 10.3. The molecular formula is C16H28O4. The van der Waals surface area contributed by atoms with Crippen LogP contribution in [-0.4, -0.2) is 33.5 Å². The van der Waals surface area contributed by atoms with Gasteiger partial charge in [0.05, 0.1) is 12.2 Å². The van der Waals surface area contributed by atoms with E-state index >= 15 is 0 Å². The molecule has 0 saturated heterocycles. The molecule has 0 aromatic heterocycles. The number of rotatable bonds is 12. The lowest BCUT2D eigenvalue weighted by molar-refractivity contribution is -0.137. The Hall–Kier alpha value is -1.13. The van der Waals surface area contributed by atoms with Gasteiger partial charge in [-0.25, -0.2) is 0 Å². The fraction of sp³-hybridized carbons (Fsp3) is 0.688. The van der Waals surface area contributed by atoms with Crippen LogP contribution in [0.25, 0.3) is 0 Å². The first kappa shape index (κ1) is 18.9. The first-order valence-corrected chi connectivity index (χ1v) is 7.45. The van der Waals surface area contributed by atoms with E-state index in [-0.39, 0.29) is 6.42 Å². The Morgan fingerprint density at radius 2 is 1.70 bits per heavy atom. The normalized spacial score (nSPS) is 14.9. The molecular weight excluding hydrogens is 256 g/mol. The van der Waals surface area contributed by atoms with Gasteiger partial charge in [-0.15, -0.1) is 0 Å². The Balaban J connectivity index is 3.62. The van der Waals surface area contributed by atoms with Crippen molar-refractivity contribution < 1.29 is 20.1 Å². The number of carboxylic acids is 1. The standard InChI is InChI=1S/C16H28O4/c1-2-3-4-5-6-8-11-14(17)15(18)12-9-7-10-13-16(19)20/h3-4,6,8,14-15,17-18H,2,5,7,9-13H2,1H3,(H,19,20)/b4-3-,8-6-/t14-,15+/m1/s1. The van der Waals surface area contributed by atoms with Gasteiger partial charge in [-0.3, -0.25) is 4.79 Å². The van der Waals surface area contributed by atoms with E-state index in [9.17, 15) is 15.0 Å². The Kier molecular flexibility index (Phi) is 12.2. The molecule has 0 aliphatic rings. The Labute approximate surface area is 121 Å². The van der Waals surface area contributed by atoms with Crippen molar-refractivity contribution in [2.45, 2.75) is 70.5 Å². The van der Waals surface area contributed by atoms with Gasteiger partial charge in [-0.1, -0.05) is 44.1 Å². The third-order valence-electron chi connectivity index (χ3n) is 3.05. The Morgan fingerprint density at radius 1 is 1.00 bits per heavy atom. The van der Waals surface area contributed by atoms with Gasteiger partial charge in [0, 0.05) is 6.42 Å². The lowest BCUT2D eigenvalue weighted by Crippen LogP contribution is -2.25. The second-order valence-corrected chi connectivity index (χ2v) is 4.95. The molecule has 0 rings (SSSR count). The summed E-state index contributed by atoms with van der Waals surface area (Å²) in [5.74, 6) is -0.784.